The van der Waals surface area contributed by atoms with E-state index in [9.17, 15) is 0 Å². The summed E-state index contributed by atoms with van der Waals surface area (Å²) in [5.74, 6) is 1.00. The average Bonchev–Trinajstić information content (AvgIpc) is 2.72. The number of ether oxygens (including phenoxy) is 1. The van der Waals surface area contributed by atoms with Gasteiger partial charge in [0.15, 0.2) is 0 Å². The molecule has 1 heterocycles. The largest absolute Gasteiger partial charge is 0.487 e. The summed E-state index contributed by atoms with van der Waals surface area (Å²) < 4.78 is 6.07. The molecule has 0 saturated carbocycles. The van der Waals surface area contributed by atoms with Gasteiger partial charge in [-0.05, 0) is 37.6 Å². The van der Waals surface area contributed by atoms with E-state index in [0.717, 1.165) is 23.4 Å². The molecule has 1 N–H and O–H groups in total. The minimum Gasteiger partial charge on any atom is -0.487 e. The SMILES string of the molecule is CC1(C)Cc2cccc(CNc3ccc(Cl)cc3Cl)c2O1. The molecule has 0 amide bonds. The van der Waals surface area contributed by atoms with Crippen molar-refractivity contribution in [2.75, 3.05) is 5.32 Å². The Labute approximate surface area is 135 Å². The molecule has 0 saturated heterocycles. The Morgan fingerprint density at radius 3 is 2.76 bits per heavy atom. The molecule has 0 unspecified atom stereocenters. The summed E-state index contributed by atoms with van der Waals surface area (Å²) in [6, 6.07) is 11.7. The Bertz CT molecular complexity index is 682. The van der Waals surface area contributed by atoms with E-state index in [1.54, 1.807) is 6.07 Å². The Hall–Kier alpha value is -1.38. The zero-order valence-electron chi connectivity index (χ0n) is 12.0. The lowest BCUT2D eigenvalue weighted by Gasteiger charge is -2.18. The van der Waals surface area contributed by atoms with Crippen molar-refractivity contribution < 1.29 is 4.74 Å². The summed E-state index contributed by atoms with van der Waals surface area (Å²) in [5, 5.41) is 4.60. The fourth-order valence-corrected chi connectivity index (χ4v) is 3.12. The van der Waals surface area contributed by atoms with E-state index >= 15 is 0 Å². The van der Waals surface area contributed by atoms with Crippen molar-refractivity contribution in [3.63, 3.8) is 0 Å². The first-order valence-corrected chi connectivity index (χ1v) is 7.69. The third kappa shape index (κ3) is 3.12. The Morgan fingerprint density at radius 2 is 2.00 bits per heavy atom. The van der Waals surface area contributed by atoms with Gasteiger partial charge in [-0.3, -0.25) is 0 Å². The quantitative estimate of drug-likeness (QED) is 0.826. The number of rotatable bonds is 3. The maximum absolute atomic E-state index is 6.18. The van der Waals surface area contributed by atoms with E-state index in [2.05, 4.69) is 37.4 Å². The highest BCUT2D eigenvalue weighted by Gasteiger charge is 2.31. The van der Waals surface area contributed by atoms with Crippen LogP contribution in [0.25, 0.3) is 0 Å². The molecule has 110 valence electrons. The predicted molar refractivity (Wildman–Crippen MR) is 88.6 cm³/mol. The number of nitrogens with one attached hydrogen (secondary N) is 1. The molecule has 2 aromatic carbocycles. The predicted octanol–water partition coefficient (Wildman–Crippen LogP) is 5.32. The van der Waals surface area contributed by atoms with Gasteiger partial charge in [-0.1, -0.05) is 41.4 Å². The van der Waals surface area contributed by atoms with Gasteiger partial charge in [-0.25, -0.2) is 0 Å². The number of hydrogen-bond donors (Lipinski definition) is 1. The molecule has 2 aromatic rings. The van der Waals surface area contributed by atoms with E-state index < -0.39 is 0 Å². The van der Waals surface area contributed by atoms with Gasteiger partial charge in [-0.15, -0.1) is 0 Å². The molecule has 0 aliphatic carbocycles. The lowest BCUT2D eigenvalue weighted by molar-refractivity contribution is 0.137. The summed E-state index contributed by atoms with van der Waals surface area (Å²) in [7, 11) is 0. The van der Waals surface area contributed by atoms with Gasteiger partial charge in [0.25, 0.3) is 0 Å². The van der Waals surface area contributed by atoms with Crippen molar-refractivity contribution in [3.8, 4) is 5.75 Å². The molecule has 2 nitrogen and oxygen atoms in total. The van der Waals surface area contributed by atoms with Crippen molar-refractivity contribution in [1.29, 1.82) is 0 Å². The maximum Gasteiger partial charge on any atom is 0.128 e. The summed E-state index contributed by atoms with van der Waals surface area (Å²) in [4.78, 5) is 0. The highest BCUT2D eigenvalue weighted by atomic mass is 35.5. The smallest absolute Gasteiger partial charge is 0.128 e. The number of hydrogen-bond acceptors (Lipinski definition) is 2. The monoisotopic (exact) mass is 321 g/mol. The lowest BCUT2D eigenvalue weighted by atomic mass is 10.0. The first-order chi connectivity index (χ1) is 9.94. The van der Waals surface area contributed by atoms with E-state index in [1.807, 2.05) is 12.1 Å². The lowest BCUT2D eigenvalue weighted by Crippen LogP contribution is -2.25. The van der Waals surface area contributed by atoms with E-state index in [4.69, 9.17) is 27.9 Å². The standard InChI is InChI=1S/C17H17Cl2NO/c1-17(2)9-11-4-3-5-12(16(11)21-17)10-20-15-7-6-13(18)8-14(15)19/h3-8,20H,9-10H2,1-2H3. The summed E-state index contributed by atoms with van der Waals surface area (Å²) in [5.41, 5.74) is 3.15. The highest BCUT2D eigenvalue weighted by Crippen LogP contribution is 2.38. The van der Waals surface area contributed by atoms with Crippen LogP contribution in [0.5, 0.6) is 5.75 Å². The number of fused-ring (bicyclic) bond motifs is 1. The number of halogens is 2. The Balaban J connectivity index is 1.80. The summed E-state index contributed by atoms with van der Waals surface area (Å²) >= 11 is 12.1. The van der Waals surface area contributed by atoms with Crippen LogP contribution in [0.1, 0.15) is 25.0 Å². The fraction of sp³-hybridized carbons (Fsp3) is 0.294. The third-order valence-electron chi connectivity index (χ3n) is 3.57. The zero-order chi connectivity index (χ0) is 15.0. The molecular formula is C17H17Cl2NO. The minimum atomic E-state index is -0.129. The van der Waals surface area contributed by atoms with Gasteiger partial charge in [0, 0.05) is 23.6 Å². The normalized spacial score (nSPS) is 15.4. The summed E-state index contributed by atoms with van der Waals surface area (Å²) in [6.07, 6.45) is 0.942. The average molecular weight is 322 g/mol. The van der Waals surface area contributed by atoms with Crippen molar-refractivity contribution in [1.82, 2.24) is 0 Å². The first kappa shape index (κ1) is 14.6. The molecule has 0 spiro atoms. The fourth-order valence-electron chi connectivity index (χ4n) is 2.64. The second-order valence-electron chi connectivity index (χ2n) is 5.92. The van der Waals surface area contributed by atoms with Crippen LogP contribution < -0.4 is 10.1 Å². The molecule has 0 aromatic heterocycles. The Morgan fingerprint density at radius 1 is 1.19 bits per heavy atom. The van der Waals surface area contributed by atoms with E-state index in [-0.39, 0.29) is 5.60 Å². The molecule has 0 atom stereocenters. The molecule has 1 aliphatic heterocycles. The van der Waals surface area contributed by atoms with Gasteiger partial charge < -0.3 is 10.1 Å². The van der Waals surface area contributed by atoms with Crippen molar-refractivity contribution in [2.24, 2.45) is 0 Å². The highest BCUT2D eigenvalue weighted by molar-refractivity contribution is 6.36. The van der Waals surface area contributed by atoms with Crippen molar-refractivity contribution in [3.05, 3.63) is 57.6 Å². The molecule has 0 radical (unpaired) electrons. The zero-order valence-corrected chi connectivity index (χ0v) is 13.6. The van der Waals surface area contributed by atoms with Gasteiger partial charge in [-0.2, -0.15) is 0 Å². The third-order valence-corrected chi connectivity index (χ3v) is 4.12. The van der Waals surface area contributed by atoms with Gasteiger partial charge in [0.2, 0.25) is 0 Å². The van der Waals surface area contributed by atoms with Crippen LogP contribution in [0.4, 0.5) is 5.69 Å². The first-order valence-electron chi connectivity index (χ1n) is 6.93. The minimum absolute atomic E-state index is 0.129. The van der Waals surface area contributed by atoms with Crippen LogP contribution in [-0.4, -0.2) is 5.60 Å². The molecule has 3 rings (SSSR count). The molecule has 1 aliphatic rings. The van der Waals surface area contributed by atoms with Crippen molar-refractivity contribution >= 4 is 28.9 Å². The maximum atomic E-state index is 6.18. The van der Waals surface area contributed by atoms with Gasteiger partial charge in [0.05, 0.1) is 10.7 Å². The molecule has 4 heteroatoms. The van der Waals surface area contributed by atoms with Crippen LogP contribution in [0.3, 0.4) is 0 Å². The van der Waals surface area contributed by atoms with Gasteiger partial charge >= 0.3 is 0 Å². The summed E-state index contributed by atoms with van der Waals surface area (Å²) in [6.45, 7) is 4.89. The topological polar surface area (TPSA) is 21.3 Å². The van der Waals surface area contributed by atoms with Crippen LogP contribution in [0, 0.1) is 0 Å². The Kier molecular flexibility index (Phi) is 3.76. The van der Waals surface area contributed by atoms with Crippen LogP contribution in [-0.2, 0) is 13.0 Å². The number of para-hydroxylation sites is 1. The molecule has 0 bridgehead atoms. The number of anilines is 1. The molecule has 21 heavy (non-hydrogen) atoms. The second-order valence-corrected chi connectivity index (χ2v) is 6.77. The second kappa shape index (κ2) is 5.43. The van der Waals surface area contributed by atoms with Crippen molar-refractivity contribution in [2.45, 2.75) is 32.4 Å². The van der Waals surface area contributed by atoms with E-state index in [0.29, 0.717) is 16.6 Å². The van der Waals surface area contributed by atoms with Gasteiger partial charge in [0.1, 0.15) is 11.4 Å². The molecular weight excluding hydrogens is 305 g/mol. The molecule has 0 fully saturated rings. The van der Waals surface area contributed by atoms with Crippen LogP contribution in [0.15, 0.2) is 36.4 Å². The van der Waals surface area contributed by atoms with E-state index in [1.165, 1.54) is 5.56 Å². The number of benzene rings is 2. The van der Waals surface area contributed by atoms with Crippen LogP contribution >= 0.6 is 23.2 Å². The van der Waals surface area contributed by atoms with Crippen LogP contribution in [0.2, 0.25) is 10.0 Å².